The molecule has 3 unspecified atom stereocenters. The molecule has 9 heteroatoms. The molecule has 1 aliphatic carbocycles. The smallest absolute Gasteiger partial charge is 0.340 e. The van der Waals surface area contributed by atoms with Crippen LogP contribution in [0.25, 0.3) is 0 Å². The molecule has 26 heavy (non-hydrogen) atoms. The molecule has 1 aromatic rings. The van der Waals surface area contributed by atoms with Crippen molar-refractivity contribution in [3.8, 4) is 0 Å². The molecule has 3 rings (SSSR count). The molecular weight excluding hydrogens is 369 g/mol. The second kappa shape index (κ2) is 6.53. The van der Waals surface area contributed by atoms with Gasteiger partial charge >= 0.3 is 6.18 Å². The third kappa shape index (κ3) is 3.73. The average molecular weight is 390 g/mol. The minimum Gasteiger partial charge on any atom is -0.340 e. The van der Waals surface area contributed by atoms with Gasteiger partial charge in [0.25, 0.3) is 0 Å². The fourth-order valence-corrected chi connectivity index (χ4v) is 4.71. The van der Waals surface area contributed by atoms with Crippen molar-refractivity contribution in [3.63, 3.8) is 0 Å². The summed E-state index contributed by atoms with van der Waals surface area (Å²) in [6.07, 6.45) is -2.59. The van der Waals surface area contributed by atoms with Crippen LogP contribution in [0.5, 0.6) is 0 Å². The number of halogens is 3. The highest BCUT2D eigenvalue weighted by atomic mass is 32.2. The van der Waals surface area contributed by atoms with E-state index in [4.69, 9.17) is 0 Å². The number of hydrogen-bond acceptors (Lipinski definition) is 3. The quantitative estimate of drug-likeness (QED) is 0.856. The zero-order valence-electron chi connectivity index (χ0n) is 14.3. The summed E-state index contributed by atoms with van der Waals surface area (Å²) in [6.45, 7) is 0.422. The van der Waals surface area contributed by atoms with Gasteiger partial charge in [0.15, 0.2) is 0 Å². The molecule has 1 heterocycles. The standard InChI is InChI=1S/C17H21F3N2O3S/c1-26(24,25)21-13-8-5-9-22(11-13)15(23)16(10-14(16)17(18,19)20)12-6-3-2-4-7-12/h2-4,6-7,13-14,21H,5,8-11H2,1H3. The molecule has 0 bridgehead atoms. The highest BCUT2D eigenvalue weighted by Gasteiger charge is 2.72. The lowest BCUT2D eigenvalue weighted by atomic mass is 9.90. The number of nitrogens with zero attached hydrogens (tertiary/aromatic N) is 1. The Morgan fingerprint density at radius 3 is 2.46 bits per heavy atom. The zero-order valence-corrected chi connectivity index (χ0v) is 15.1. The van der Waals surface area contributed by atoms with Crippen LogP contribution in [-0.2, 0) is 20.2 Å². The number of benzene rings is 1. The van der Waals surface area contributed by atoms with E-state index >= 15 is 0 Å². The topological polar surface area (TPSA) is 66.5 Å². The molecule has 3 atom stereocenters. The number of carbonyl (C=O) groups is 1. The summed E-state index contributed by atoms with van der Waals surface area (Å²) in [5, 5.41) is 0. The average Bonchev–Trinajstić information content (AvgIpc) is 3.31. The minimum absolute atomic E-state index is 0.0884. The fraction of sp³-hybridized carbons (Fsp3) is 0.588. The Morgan fingerprint density at radius 1 is 1.27 bits per heavy atom. The Hall–Kier alpha value is -1.61. The lowest BCUT2D eigenvalue weighted by Gasteiger charge is -2.35. The van der Waals surface area contributed by atoms with Crippen LogP contribution in [-0.4, -0.2) is 50.8 Å². The third-order valence-corrected chi connectivity index (χ3v) is 5.88. The molecule has 2 fully saturated rings. The first kappa shape index (κ1) is 19.2. The normalized spacial score (nSPS) is 29.5. The number of nitrogens with one attached hydrogen (secondary N) is 1. The van der Waals surface area contributed by atoms with Gasteiger partial charge in [0.05, 0.1) is 17.6 Å². The molecular formula is C17H21F3N2O3S. The monoisotopic (exact) mass is 390 g/mol. The van der Waals surface area contributed by atoms with Crippen molar-refractivity contribution >= 4 is 15.9 Å². The number of amides is 1. The van der Waals surface area contributed by atoms with Gasteiger partial charge in [-0.05, 0) is 24.8 Å². The summed E-state index contributed by atoms with van der Waals surface area (Å²) in [5.41, 5.74) is -1.22. The highest BCUT2D eigenvalue weighted by Crippen LogP contribution is 2.62. The molecule has 1 aliphatic heterocycles. The van der Waals surface area contributed by atoms with E-state index in [0.29, 0.717) is 24.9 Å². The zero-order chi connectivity index (χ0) is 19.2. The maximum atomic E-state index is 13.4. The van der Waals surface area contributed by atoms with E-state index in [1.807, 2.05) is 0 Å². The summed E-state index contributed by atoms with van der Waals surface area (Å²) in [7, 11) is -3.45. The number of sulfonamides is 1. The van der Waals surface area contributed by atoms with E-state index in [0.717, 1.165) is 6.26 Å². The van der Waals surface area contributed by atoms with Gasteiger partial charge in [0.1, 0.15) is 0 Å². The van der Waals surface area contributed by atoms with Crippen molar-refractivity contribution in [2.75, 3.05) is 19.3 Å². The van der Waals surface area contributed by atoms with E-state index in [1.54, 1.807) is 30.3 Å². The van der Waals surface area contributed by atoms with Crippen molar-refractivity contribution in [1.29, 1.82) is 0 Å². The van der Waals surface area contributed by atoms with Crippen molar-refractivity contribution in [2.45, 2.75) is 36.9 Å². The Morgan fingerprint density at radius 2 is 1.92 bits per heavy atom. The maximum absolute atomic E-state index is 13.4. The lowest BCUT2D eigenvalue weighted by molar-refractivity contribution is -0.160. The molecule has 144 valence electrons. The van der Waals surface area contributed by atoms with Gasteiger partial charge in [0.2, 0.25) is 15.9 Å². The molecule has 2 aliphatic rings. The number of piperidine rings is 1. The van der Waals surface area contributed by atoms with E-state index in [-0.39, 0.29) is 13.0 Å². The van der Waals surface area contributed by atoms with Crippen LogP contribution in [0, 0.1) is 5.92 Å². The first-order valence-electron chi connectivity index (χ1n) is 8.43. The Labute approximate surface area is 150 Å². The van der Waals surface area contributed by atoms with Crippen molar-refractivity contribution in [3.05, 3.63) is 35.9 Å². The third-order valence-electron chi connectivity index (χ3n) is 5.12. The van der Waals surface area contributed by atoms with Crippen molar-refractivity contribution in [2.24, 2.45) is 5.92 Å². The summed E-state index contributed by atoms with van der Waals surface area (Å²) in [6, 6.07) is 7.58. The highest BCUT2D eigenvalue weighted by molar-refractivity contribution is 7.88. The molecule has 1 saturated carbocycles. The molecule has 1 saturated heterocycles. The van der Waals surface area contributed by atoms with Crippen LogP contribution < -0.4 is 4.72 Å². The Bertz CT molecular complexity index is 782. The van der Waals surface area contributed by atoms with Crippen LogP contribution in [0.4, 0.5) is 13.2 Å². The predicted octanol–water partition coefficient (Wildman–Crippen LogP) is 2.05. The molecule has 1 amide bonds. The molecule has 1 aromatic carbocycles. The number of hydrogen-bond donors (Lipinski definition) is 1. The van der Waals surface area contributed by atoms with Crippen LogP contribution in [0.1, 0.15) is 24.8 Å². The number of likely N-dealkylation sites (tertiary alicyclic amines) is 1. The second-order valence-corrected chi connectivity index (χ2v) is 8.90. The van der Waals surface area contributed by atoms with Crippen LogP contribution >= 0.6 is 0 Å². The molecule has 0 spiro atoms. The second-order valence-electron chi connectivity index (χ2n) is 7.12. The van der Waals surface area contributed by atoms with E-state index in [9.17, 15) is 26.4 Å². The van der Waals surface area contributed by atoms with Gasteiger partial charge in [-0.15, -0.1) is 0 Å². The first-order chi connectivity index (χ1) is 12.0. The van der Waals surface area contributed by atoms with Gasteiger partial charge in [0, 0.05) is 19.1 Å². The van der Waals surface area contributed by atoms with Gasteiger partial charge in [-0.25, -0.2) is 13.1 Å². The molecule has 0 aromatic heterocycles. The van der Waals surface area contributed by atoms with Crippen LogP contribution in [0.3, 0.4) is 0 Å². The van der Waals surface area contributed by atoms with E-state index in [1.165, 1.54) is 4.90 Å². The molecule has 1 N–H and O–H groups in total. The van der Waals surface area contributed by atoms with Gasteiger partial charge < -0.3 is 4.90 Å². The largest absolute Gasteiger partial charge is 0.393 e. The summed E-state index contributed by atoms with van der Waals surface area (Å²) >= 11 is 0. The van der Waals surface area contributed by atoms with Gasteiger partial charge in [-0.1, -0.05) is 30.3 Å². The van der Waals surface area contributed by atoms with Gasteiger partial charge in [-0.3, -0.25) is 4.79 Å². The van der Waals surface area contributed by atoms with E-state index in [2.05, 4.69) is 4.72 Å². The van der Waals surface area contributed by atoms with E-state index < -0.39 is 39.5 Å². The SMILES string of the molecule is CS(=O)(=O)NC1CCCN(C(=O)C2(c3ccccc3)CC2C(F)(F)F)C1. The van der Waals surface area contributed by atoms with Gasteiger partial charge in [-0.2, -0.15) is 13.2 Å². The number of carbonyl (C=O) groups excluding carboxylic acids is 1. The van der Waals surface area contributed by atoms with Crippen LogP contribution in [0.2, 0.25) is 0 Å². The van der Waals surface area contributed by atoms with Crippen LogP contribution in [0.15, 0.2) is 30.3 Å². The predicted molar refractivity (Wildman–Crippen MR) is 89.9 cm³/mol. The Balaban J connectivity index is 1.85. The summed E-state index contributed by atoms with van der Waals surface area (Å²) in [4.78, 5) is 14.5. The molecule has 0 radical (unpaired) electrons. The fourth-order valence-electron chi connectivity index (χ4n) is 3.92. The molecule has 5 nitrogen and oxygen atoms in total. The summed E-state index contributed by atoms with van der Waals surface area (Å²) in [5.74, 6) is -2.26. The minimum atomic E-state index is -4.45. The van der Waals surface area contributed by atoms with Crippen molar-refractivity contribution in [1.82, 2.24) is 9.62 Å². The number of alkyl halides is 3. The first-order valence-corrected chi connectivity index (χ1v) is 10.3. The number of rotatable bonds is 4. The Kier molecular flexibility index (Phi) is 4.81. The summed E-state index contributed by atoms with van der Waals surface area (Å²) < 4.78 is 65.5. The maximum Gasteiger partial charge on any atom is 0.393 e. The van der Waals surface area contributed by atoms with Crippen molar-refractivity contribution < 1.29 is 26.4 Å². The lowest BCUT2D eigenvalue weighted by Crippen LogP contribution is -2.52.